The van der Waals surface area contributed by atoms with Gasteiger partial charge in [-0.3, -0.25) is 0 Å². The Morgan fingerprint density at radius 1 is 1.04 bits per heavy atom. The summed E-state index contributed by atoms with van der Waals surface area (Å²) in [7, 11) is 2.22. The van der Waals surface area contributed by atoms with Crippen LogP contribution in [0.1, 0.15) is 64.4 Å². The number of hydrogen-bond acceptors (Lipinski definition) is 2. The maximum absolute atomic E-state index is 2.63. The van der Waals surface area contributed by atoms with Crippen LogP contribution in [-0.4, -0.2) is 38.1 Å². The molecule has 0 atom stereocenters. The molecule has 3 rings (SSSR count). The normalized spacial score (nSPS) is 20.6. The SMILES string of the molecule is CN(CCCN1CCCCC1)c1ccc(C=CC2=CCCC(C)(C)C2)cc1. The number of nitrogens with zero attached hydrogens (tertiary/aromatic N) is 2. The van der Waals surface area contributed by atoms with Crippen LogP contribution in [0.25, 0.3) is 6.08 Å². The number of anilines is 1. The molecule has 0 saturated carbocycles. The molecule has 1 aliphatic carbocycles. The van der Waals surface area contributed by atoms with Gasteiger partial charge in [-0.2, -0.15) is 0 Å². The van der Waals surface area contributed by atoms with E-state index in [-0.39, 0.29) is 0 Å². The van der Waals surface area contributed by atoms with Gasteiger partial charge in [0.25, 0.3) is 0 Å². The van der Waals surface area contributed by atoms with E-state index in [0.717, 1.165) is 6.54 Å². The van der Waals surface area contributed by atoms with Gasteiger partial charge in [0.15, 0.2) is 0 Å². The Bertz CT molecular complexity index is 633. The summed E-state index contributed by atoms with van der Waals surface area (Å²) < 4.78 is 0. The summed E-state index contributed by atoms with van der Waals surface area (Å²) in [6.45, 7) is 9.74. The van der Waals surface area contributed by atoms with E-state index in [0.29, 0.717) is 5.41 Å². The van der Waals surface area contributed by atoms with Crippen LogP contribution in [0.2, 0.25) is 0 Å². The molecule has 1 heterocycles. The fourth-order valence-electron chi connectivity index (χ4n) is 4.38. The number of likely N-dealkylation sites (tertiary alicyclic amines) is 1. The second-order valence-electron chi connectivity index (χ2n) is 9.26. The zero-order chi connectivity index (χ0) is 19.1. The first-order valence-electron chi connectivity index (χ1n) is 10.9. The highest BCUT2D eigenvalue weighted by Gasteiger charge is 2.21. The Labute approximate surface area is 166 Å². The third-order valence-electron chi connectivity index (χ3n) is 6.15. The second kappa shape index (κ2) is 9.59. The largest absolute Gasteiger partial charge is 0.375 e. The average Bonchev–Trinajstić information content (AvgIpc) is 2.67. The first-order chi connectivity index (χ1) is 13.0. The molecule has 1 aromatic rings. The van der Waals surface area contributed by atoms with E-state index in [2.05, 4.69) is 73.2 Å². The van der Waals surface area contributed by atoms with Crippen LogP contribution in [0.3, 0.4) is 0 Å². The smallest absolute Gasteiger partial charge is 0.0364 e. The van der Waals surface area contributed by atoms with E-state index in [4.69, 9.17) is 0 Å². The molecule has 2 heteroatoms. The van der Waals surface area contributed by atoms with Crippen molar-refractivity contribution in [2.45, 2.75) is 58.8 Å². The molecule has 2 nitrogen and oxygen atoms in total. The van der Waals surface area contributed by atoms with Crippen molar-refractivity contribution in [2.75, 3.05) is 38.1 Å². The summed E-state index contributed by atoms with van der Waals surface area (Å²) in [5.74, 6) is 0. The van der Waals surface area contributed by atoms with Crippen molar-refractivity contribution in [2.24, 2.45) is 5.41 Å². The highest BCUT2D eigenvalue weighted by atomic mass is 15.1. The minimum Gasteiger partial charge on any atom is -0.375 e. The Morgan fingerprint density at radius 3 is 2.48 bits per heavy atom. The zero-order valence-corrected chi connectivity index (χ0v) is 17.7. The lowest BCUT2D eigenvalue weighted by Crippen LogP contribution is -2.32. The summed E-state index contributed by atoms with van der Waals surface area (Å²) >= 11 is 0. The van der Waals surface area contributed by atoms with E-state index in [1.54, 1.807) is 0 Å². The van der Waals surface area contributed by atoms with Crippen molar-refractivity contribution in [3.63, 3.8) is 0 Å². The van der Waals surface area contributed by atoms with Gasteiger partial charge in [-0.1, -0.05) is 56.2 Å². The van der Waals surface area contributed by atoms with E-state index in [1.165, 1.54) is 81.4 Å². The number of piperidine rings is 1. The molecule has 1 fully saturated rings. The summed E-state index contributed by atoms with van der Waals surface area (Å²) in [6, 6.07) is 9.03. The monoisotopic (exact) mass is 366 g/mol. The van der Waals surface area contributed by atoms with Crippen molar-refractivity contribution in [3.8, 4) is 0 Å². The molecule has 1 saturated heterocycles. The molecule has 1 aromatic carbocycles. The lowest BCUT2D eigenvalue weighted by molar-refractivity contribution is 0.227. The molecule has 1 aliphatic heterocycles. The average molecular weight is 367 g/mol. The van der Waals surface area contributed by atoms with Crippen molar-refractivity contribution >= 4 is 11.8 Å². The van der Waals surface area contributed by atoms with Crippen molar-refractivity contribution in [3.05, 3.63) is 47.6 Å². The minimum atomic E-state index is 0.454. The zero-order valence-electron chi connectivity index (χ0n) is 17.7. The fourth-order valence-corrected chi connectivity index (χ4v) is 4.38. The lowest BCUT2D eigenvalue weighted by Gasteiger charge is -2.28. The van der Waals surface area contributed by atoms with Crippen LogP contribution >= 0.6 is 0 Å². The fraction of sp³-hybridized carbons (Fsp3) is 0.600. The number of hydrogen-bond donors (Lipinski definition) is 0. The summed E-state index contributed by atoms with van der Waals surface area (Å²) in [6.07, 6.45) is 16.2. The van der Waals surface area contributed by atoms with E-state index in [9.17, 15) is 0 Å². The maximum Gasteiger partial charge on any atom is 0.0364 e. The van der Waals surface area contributed by atoms with Crippen LogP contribution in [0.15, 0.2) is 42.0 Å². The van der Waals surface area contributed by atoms with Gasteiger partial charge in [-0.25, -0.2) is 0 Å². The van der Waals surface area contributed by atoms with Crippen LogP contribution in [0.4, 0.5) is 5.69 Å². The van der Waals surface area contributed by atoms with Crippen LogP contribution < -0.4 is 4.90 Å². The Balaban J connectivity index is 1.46. The summed E-state index contributed by atoms with van der Waals surface area (Å²) in [5.41, 5.74) is 4.56. The predicted octanol–water partition coefficient (Wildman–Crippen LogP) is 6.15. The van der Waals surface area contributed by atoms with Gasteiger partial charge in [0, 0.05) is 19.3 Å². The number of allylic oxidation sites excluding steroid dienone is 3. The van der Waals surface area contributed by atoms with Crippen molar-refractivity contribution in [1.29, 1.82) is 0 Å². The standard InChI is InChI=1S/C25H38N2/c1-25(2)16-7-9-23(21-25)11-10-22-12-14-24(15-13-22)26(3)17-8-20-27-18-5-4-6-19-27/h9-15H,4-8,16-21H2,1-3H3. The molecule has 0 spiro atoms. The van der Waals surface area contributed by atoms with Crippen LogP contribution in [0.5, 0.6) is 0 Å². The molecule has 0 N–H and O–H groups in total. The van der Waals surface area contributed by atoms with Gasteiger partial charge >= 0.3 is 0 Å². The predicted molar refractivity (Wildman–Crippen MR) is 119 cm³/mol. The van der Waals surface area contributed by atoms with Gasteiger partial charge in [0.2, 0.25) is 0 Å². The number of benzene rings is 1. The first kappa shape index (κ1) is 20.2. The van der Waals surface area contributed by atoms with E-state index < -0.39 is 0 Å². The quantitative estimate of drug-likeness (QED) is 0.571. The topological polar surface area (TPSA) is 6.48 Å². The van der Waals surface area contributed by atoms with E-state index in [1.807, 2.05) is 0 Å². The maximum atomic E-state index is 2.63. The molecule has 0 radical (unpaired) electrons. The van der Waals surface area contributed by atoms with Gasteiger partial charge in [0.05, 0.1) is 0 Å². The highest BCUT2D eigenvalue weighted by Crippen LogP contribution is 2.35. The molecular weight excluding hydrogens is 328 g/mol. The van der Waals surface area contributed by atoms with Gasteiger partial charge in [0.1, 0.15) is 0 Å². The molecule has 27 heavy (non-hydrogen) atoms. The van der Waals surface area contributed by atoms with E-state index >= 15 is 0 Å². The third-order valence-corrected chi connectivity index (χ3v) is 6.15. The van der Waals surface area contributed by atoms with Crippen molar-refractivity contribution in [1.82, 2.24) is 4.90 Å². The van der Waals surface area contributed by atoms with Gasteiger partial charge in [-0.05, 0) is 81.3 Å². The third kappa shape index (κ3) is 6.53. The van der Waals surface area contributed by atoms with Crippen LogP contribution in [0, 0.1) is 5.41 Å². The van der Waals surface area contributed by atoms with Gasteiger partial charge in [-0.15, -0.1) is 0 Å². The Hall–Kier alpha value is -1.54. The highest BCUT2D eigenvalue weighted by molar-refractivity contribution is 5.57. The minimum absolute atomic E-state index is 0.454. The molecule has 0 aromatic heterocycles. The summed E-state index contributed by atoms with van der Waals surface area (Å²) in [5, 5.41) is 0. The summed E-state index contributed by atoms with van der Waals surface area (Å²) in [4.78, 5) is 5.02. The Morgan fingerprint density at radius 2 is 1.78 bits per heavy atom. The Kier molecular flexibility index (Phi) is 7.18. The molecule has 0 unspecified atom stereocenters. The molecule has 0 bridgehead atoms. The second-order valence-corrected chi connectivity index (χ2v) is 9.26. The molecule has 2 aliphatic rings. The first-order valence-corrected chi connectivity index (χ1v) is 10.9. The number of rotatable bonds is 7. The lowest BCUT2D eigenvalue weighted by atomic mass is 9.77. The molecule has 0 amide bonds. The van der Waals surface area contributed by atoms with Gasteiger partial charge < -0.3 is 9.80 Å². The molecular formula is C25H38N2. The van der Waals surface area contributed by atoms with Crippen molar-refractivity contribution < 1.29 is 0 Å². The molecule has 148 valence electrons. The van der Waals surface area contributed by atoms with Crippen LogP contribution in [-0.2, 0) is 0 Å².